The van der Waals surface area contributed by atoms with Gasteiger partial charge in [0, 0.05) is 48.8 Å². The van der Waals surface area contributed by atoms with Crippen LogP contribution in [0.5, 0.6) is 11.5 Å². The number of methoxy groups -OCH3 is 2. The molecule has 1 aromatic carbocycles. The quantitative estimate of drug-likeness (QED) is 0.254. The van der Waals surface area contributed by atoms with Crippen molar-refractivity contribution in [3.05, 3.63) is 52.7 Å². The topological polar surface area (TPSA) is 104 Å². The Balaban J connectivity index is 0.00000164. The highest BCUT2D eigenvalue weighted by atomic mass is 33.1. The molecule has 2 aliphatic carbocycles. The molecule has 0 bridgehead atoms. The largest absolute Gasteiger partial charge is 0.496 e. The molecule has 1 amide bonds. The van der Waals surface area contributed by atoms with Gasteiger partial charge in [-0.25, -0.2) is 4.79 Å². The zero-order valence-electron chi connectivity index (χ0n) is 22.4. The number of nitrogens with zero attached hydrogens (tertiary/aromatic N) is 2. The molecule has 5 rings (SSSR count). The fourth-order valence-electron chi connectivity index (χ4n) is 5.00. The Bertz CT molecular complexity index is 1400. The molecule has 2 fully saturated rings. The molecular formula is C27H34N4O5S2. The second-order valence-electron chi connectivity index (χ2n) is 10.7. The van der Waals surface area contributed by atoms with E-state index in [-0.39, 0.29) is 22.7 Å². The summed E-state index contributed by atoms with van der Waals surface area (Å²) in [5, 5.41) is 8.00. The zero-order chi connectivity index (χ0) is 27.9. The number of benzene rings is 1. The summed E-state index contributed by atoms with van der Waals surface area (Å²) in [6.07, 6.45) is 6.43. The van der Waals surface area contributed by atoms with E-state index in [9.17, 15) is 9.59 Å². The first-order chi connectivity index (χ1) is 18.0. The van der Waals surface area contributed by atoms with Crippen LogP contribution in [0.2, 0.25) is 0 Å². The Morgan fingerprint density at radius 2 is 1.74 bits per heavy atom. The highest BCUT2D eigenvalue weighted by molar-refractivity contribution is 8.59. The molecule has 0 radical (unpaired) electrons. The molecule has 0 aliphatic heterocycles. The Kier molecular flexibility index (Phi) is 7.66. The number of carbonyl (C=O) groups is 1. The Morgan fingerprint density at radius 1 is 1.11 bits per heavy atom. The maximum Gasteiger partial charge on any atom is 0.408 e. The van der Waals surface area contributed by atoms with E-state index in [1.54, 1.807) is 38.2 Å². The number of nitrogens with one attached hydrogen (secondary N) is 2. The van der Waals surface area contributed by atoms with Gasteiger partial charge < -0.3 is 29.4 Å². The van der Waals surface area contributed by atoms with Crippen LogP contribution < -0.4 is 25.7 Å². The summed E-state index contributed by atoms with van der Waals surface area (Å²) in [5.74, 6) is 1.35. The van der Waals surface area contributed by atoms with Gasteiger partial charge in [-0.3, -0.25) is 9.78 Å². The number of alkyl carbamates (subject to hydrolysis) is 1. The summed E-state index contributed by atoms with van der Waals surface area (Å²) in [4.78, 5) is 29.0. The molecule has 11 heteroatoms. The minimum absolute atomic E-state index is 0.0989. The van der Waals surface area contributed by atoms with E-state index in [4.69, 9.17) is 14.2 Å². The number of hydrogen-bond donors (Lipinski definition) is 4. The molecule has 2 aliphatic rings. The molecule has 2 heterocycles. The fraction of sp³-hybridized carbons (Fsp3) is 0.444. The van der Waals surface area contributed by atoms with E-state index < -0.39 is 5.60 Å². The molecule has 2 saturated carbocycles. The van der Waals surface area contributed by atoms with Gasteiger partial charge in [0.2, 0.25) is 0 Å². The summed E-state index contributed by atoms with van der Waals surface area (Å²) in [6.45, 7) is 6.08. The number of pyridine rings is 2. The molecule has 3 aromatic rings. The van der Waals surface area contributed by atoms with Gasteiger partial charge in [0.25, 0.3) is 5.56 Å². The molecule has 38 heavy (non-hydrogen) atoms. The summed E-state index contributed by atoms with van der Waals surface area (Å²) in [6, 6.07) is 5.77. The third kappa shape index (κ3) is 5.19. The standard InChI is InChI=1S/C27H32N4O5.H2S2/c1-25(2,3)36-24(33)30-27-14-26(27,15-27)29-12-19-21(34-5)9-16(10-22(19)35-6)20-13-31(4)23(32)18-11-28-8-7-17(18)20;1-2/h7-11,13,29H,12,14-15H2,1-6H3,(H,30,33);1-2H. The van der Waals surface area contributed by atoms with Gasteiger partial charge in [-0.1, -0.05) is 0 Å². The van der Waals surface area contributed by atoms with E-state index in [1.165, 1.54) is 0 Å². The van der Waals surface area contributed by atoms with Gasteiger partial charge in [0.1, 0.15) is 17.1 Å². The number of hydrogen-bond acceptors (Lipinski definition) is 9. The van der Waals surface area contributed by atoms with E-state index in [2.05, 4.69) is 38.9 Å². The average molecular weight is 559 g/mol. The van der Waals surface area contributed by atoms with Gasteiger partial charge in [-0.05, 0) is 62.8 Å². The van der Waals surface area contributed by atoms with E-state index in [0.717, 1.165) is 34.9 Å². The van der Waals surface area contributed by atoms with E-state index in [1.807, 2.05) is 45.2 Å². The van der Waals surface area contributed by atoms with Crippen LogP contribution in [0.1, 0.15) is 39.2 Å². The van der Waals surface area contributed by atoms with Crippen LogP contribution in [0.25, 0.3) is 21.9 Å². The van der Waals surface area contributed by atoms with Gasteiger partial charge >= 0.3 is 6.09 Å². The summed E-state index contributed by atoms with van der Waals surface area (Å²) >= 11 is 6.44. The van der Waals surface area contributed by atoms with Crippen molar-refractivity contribution >= 4 is 40.2 Å². The minimum Gasteiger partial charge on any atom is -0.496 e. The van der Waals surface area contributed by atoms with Crippen molar-refractivity contribution in [1.82, 2.24) is 20.2 Å². The smallest absolute Gasteiger partial charge is 0.408 e. The number of aryl methyl sites for hydroxylation is 1. The molecule has 0 atom stereocenters. The predicted octanol–water partition coefficient (Wildman–Crippen LogP) is 4.28. The molecule has 9 nitrogen and oxygen atoms in total. The lowest BCUT2D eigenvalue weighted by Gasteiger charge is -2.20. The molecular weight excluding hydrogens is 524 g/mol. The first kappa shape index (κ1) is 28.1. The number of fused-ring (bicyclic) bond motifs is 2. The summed E-state index contributed by atoms with van der Waals surface area (Å²) in [5.41, 5.74) is 1.65. The average Bonchev–Trinajstić information content (AvgIpc) is 3.70. The Morgan fingerprint density at radius 3 is 2.32 bits per heavy atom. The number of rotatable bonds is 7. The monoisotopic (exact) mass is 558 g/mol. The fourth-order valence-corrected chi connectivity index (χ4v) is 5.00. The zero-order valence-corrected chi connectivity index (χ0v) is 24.2. The van der Waals surface area contributed by atoms with Crippen LogP contribution in [-0.4, -0.2) is 46.5 Å². The lowest BCUT2D eigenvalue weighted by molar-refractivity contribution is 0.0511. The first-order valence-corrected chi connectivity index (χ1v) is 13.8. The predicted molar refractivity (Wildman–Crippen MR) is 154 cm³/mol. The van der Waals surface area contributed by atoms with E-state index in [0.29, 0.717) is 23.4 Å². The van der Waals surface area contributed by atoms with E-state index >= 15 is 0 Å². The van der Waals surface area contributed by atoms with Crippen LogP contribution in [0, 0.1) is 0 Å². The maximum absolute atomic E-state index is 12.6. The second kappa shape index (κ2) is 10.3. The molecule has 0 saturated heterocycles. The van der Waals surface area contributed by atoms with Gasteiger partial charge in [0.15, 0.2) is 0 Å². The van der Waals surface area contributed by atoms with Crippen LogP contribution in [0.4, 0.5) is 4.79 Å². The van der Waals surface area contributed by atoms with Crippen molar-refractivity contribution in [2.75, 3.05) is 14.2 Å². The second-order valence-corrected chi connectivity index (χ2v) is 10.7. The Labute approximate surface area is 232 Å². The van der Waals surface area contributed by atoms with Crippen LogP contribution in [0.15, 0.2) is 41.6 Å². The van der Waals surface area contributed by atoms with Crippen molar-refractivity contribution in [2.24, 2.45) is 7.05 Å². The van der Waals surface area contributed by atoms with Crippen molar-refractivity contribution in [3.63, 3.8) is 0 Å². The molecule has 0 spiro atoms. The van der Waals surface area contributed by atoms with Crippen molar-refractivity contribution in [2.45, 2.75) is 56.8 Å². The first-order valence-electron chi connectivity index (χ1n) is 12.2. The van der Waals surface area contributed by atoms with Crippen LogP contribution in [-0.2, 0) is 18.3 Å². The Hall–Kier alpha value is -2.89. The van der Waals surface area contributed by atoms with Crippen LogP contribution >= 0.6 is 23.3 Å². The van der Waals surface area contributed by atoms with Crippen molar-refractivity contribution in [3.8, 4) is 22.6 Å². The van der Waals surface area contributed by atoms with Gasteiger partial charge in [0.05, 0.1) is 25.1 Å². The van der Waals surface area contributed by atoms with Gasteiger partial charge in [-0.15, -0.1) is 23.3 Å². The summed E-state index contributed by atoms with van der Waals surface area (Å²) < 4.78 is 18.5. The van der Waals surface area contributed by atoms with Gasteiger partial charge in [-0.2, -0.15) is 0 Å². The summed E-state index contributed by atoms with van der Waals surface area (Å²) in [7, 11) is 4.99. The van der Waals surface area contributed by atoms with Crippen molar-refractivity contribution in [1.29, 1.82) is 0 Å². The molecule has 204 valence electrons. The third-order valence-electron chi connectivity index (χ3n) is 7.12. The molecule has 2 aromatic heterocycles. The molecule has 0 unspecified atom stereocenters. The number of thiol groups is 2. The third-order valence-corrected chi connectivity index (χ3v) is 7.12. The SMILES string of the molecule is COc1cc(-c2cn(C)c(=O)c3cnccc23)cc(OC)c1CNC12CC1(NC(=O)OC(C)(C)C)C2.SS. The minimum atomic E-state index is -0.532. The normalized spacial score (nSPS) is 21.1. The highest BCUT2D eigenvalue weighted by Gasteiger charge is 2.84. The lowest BCUT2D eigenvalue weighted by Crippen LogP contribution is -2.37. The number of aromatic nitrogens is 2. The lowest BCUT2D eigenvalue weighted by atomic mass is 9.99. The highest BCUT2D eigenvalue weighted by Crippen LogP contribution is 2.70. The van der Waals surface area contributed by atoms with Crippen molar-refractivity contribution < 1.29 is 19.0 Å². The van der Waals surface area contributed by atoms with Crippen LogP contribution in [0.3, 0.4) is 0 Å². The number of ether oxygens (including phenoxy) is 3. The number of amides is 1. The maximum atomic E-state index is 12.6. The molecule has 2 N–H and O–H groups in total. The number of carbonyl (C=O) groups excluding carboxylic acids is 1.